The maximum atomic E-state index is 12.9. The topological polar surface area (TPSA) is 111 Å². The van der Waals surface area contributed by atoms with Gasteiger partial charge in [-0.15, -0.1) is 10.2 Å². The van der Waals surface area contributed by atoms with Crippen LogP contribution in [-0.2, 0) is 13.0 Å². The van der Waals surface area contributed by atoms with E-state index in [2.05, 4.69) is 16.3 Å². The number of carbonyl (C=O) groups excluding carboxylic acids is 1. The van der Waals surface area contributed by atoms with Crippen LogP contribution in [0.2, 0.25) is 0 Å². The summed E-state index contributed by atoms with van der Waals surface area (Å²) in [5.41, 5.74) is 0.611. The summed E-state index contributed by atoms with van der Waals surface area (Å²) >= 11 is 0. The third kappa shape index (κ3) is 4.35. The zero-order chi connectivity index (χ0) is 26.1. The second-order valence-electron chi connectivity index (χ2n) is 9.18. The summed E-state index contributed by atoms with van der Waals surface area (Å²) in [6.07, 6.45) is 5.82. The third-order valence-corrected chi connectivity index (χ3v) is 6.73. The van der Waals surface area contributed by atoms with Gasteiger partial charge in [0.2, 0.25) is 0 Å². The molecule has 0 amide bonds. The fraction of sp³-hybridized carbons (Fsp3) is 0.167. The van der Waals surface area contributed by atoms with Gasteiger partial charge in [-0.1, -0.05) is 48.9 Å². The summed E-state index contributed by atoms with van der Waals surface area (Å²) < 4.78 is 12.9. The molecule has 0 fully saturated rings. The van der Waals surface area contributed by atoms with Crippen LogP contribution in [0.4, 0.5) is 0 Å². The Morgan fingerprint density at radius 2 is 1.84 bits per heavy atom. The lowest BCUT2D eigenvalue weighted by molar-refractivity contribution is 0.0730. The zero-order valence-corrected chi connectivity index (χ0v) is 20.4. The number of rotatable bonds is 4. The molecule has 3 aromatic carbocycles. The van der Waals surface area contributed by atoms with E-state index in [-0.39, 0.29) is 11.3 Å². The van der Waals surface area contributed by atoms with Crippen molar-refractivity contribution in [2.24, 2.45) is 0 Å². The summed E-state index contributed by atoms with van der Waals surface area (Å²) in [5, 5.41) is 20.8. The first-order chi connectivity index (χ1) is 18.6. The lowest BCUT2D eigenvalue weighted by Gasteiger charge is -2.07. The number of esters is 1. The number of nitrogens with zero attached hydrogens (tertiary/aromatic N) is 4. The molecule has 0 saturated heterocycles. The monoisotopic (exact) mass is 502 g/mol. The van der Waals surface area contributed by atoms with E-state index in [9.17, 15) is 14.9 Å². The maximum absolute atomic E-state index is 12.9. The lowest BCUT2D eigenvalue weighted by Crippen LogP contribution is -2.18. The molecule has 0 N–H and O–H groups in total. The molecule has 1 aliphatic heterocycles. The number of aromatic nitrogens is 3. The third-order valence-electron chi connectivity index (χ3n) is 6.73. The Hall–Kier alpha value is -5.03. The molecule has 0 unspecified atom stereocenters. The predicted molar refractivity (Wildman–Crippen MR) is 142 cm³/mol. The molecule has 0 bridgehead atoms. The first-order valence-corrected chi connectivity index (χ1v) is 12.4. The number of nitriles is 1. The molecule has 3 heterocycles. The molecule has 186 valence electrons. The molecular weight excluding hydrogens is 480 g/mol. The van der Waals surface area contributed by atoms with Crippen molar-refractivity contribution in [1.29, 1.82) is 5.26 Å². The fourth-order valence-corrected chi connectivity index (χ4v) is 4.81. The van der Waals surface area contributed by atoms with Gasteiger partial charge < -0.3 is 13.7 Å². The highest BCUT2D eigenvalue weighted by molar-refractivity contribution is 6.07. The van der Waals surface area contributed by atoms with E-state index in [1.165, 1.54) is 6.07 Å². The second-order valence-corrected chi connectivity index (χ2v) is 9.18. The molecule has 8 nitrogen and oxygen atoms in total. The molecule has 0 spiro atoms. The van der Waals surface area contributed by atoms with Crippen LogP contribution >= 0.6 is 0 Å². The van der Waals surface area contributed by atoms with E-state index in [0.717, 1.165) is 54.4 Å². The molecule has 2 aromatic heterocycles. The highest BCUT2D eigenvalue weighted by atomic mass is 16.5. The largest absolute Gasteiger partial charge is 0.423 e. The van der Waals surface area contributed by atoms with Crippen LogP contribution in [-0.4, -0.2) is 20.7 Å². The van der Waals surface area contributed by atoms with E-state index < -0.39 is 11.6 Å². The number of ether oxygens (including phenoxy) is 1. The van der Waals surface area contributed by atoms with Crippen LogP contribution in [0.5, 0.6) is 5.75 Å². The van der Waals surface area contributed by atoms with E-state index in [0.29, 0.717) is 22.4 Å². The van der Waals surface area contributed by atoms with Crippen LogP contribution < -0.4 is 10.4 Å². The Labute approximate surface area is 217 Å². The first-order valence-electron chi connectivity index (χ1n) is 12.4. The quantitative estimate of drug-likeness (QED) is 0.104. The number of hydrogen-bond donors (Lipinski definition) is 0. The number of carbonyl (C=O) groups is 1. The summed E-state index contributed by atoms with van der Waals surface area (Å²) in [7, 11) is 0. The van der Waals surface area contributed by atoms with Crippen molar-refractivity contribution in [3.8, 4) is 11.8 Å². The molecule has 6 rings (SSSR count). The van der Waals surface area contributed by atoms with Gasteiger partial charge in [-0.05, 0) is 59.5 Å². The van der Waals surface area contributed by atoms with Crippen molar-refractivity contribution in [3.05, 3.63) is 99.9 Å². The van der Waals surface area contributed by atoms with E-state index in [1.807, 2.05) is 34.9 Å². The SMILES string of the molecule is N#CC(=Cc1ccc(OC(=O)c2cc3c(ccc4ccccc43)oc2=O)cc1)c1nnc2n1CCCCC2. The maximum Gasteiger partial charge on any atom is 0.351 e. The van der Waals surface area contributed by atoms with Crippen molar-refractivity contribution in [2.75, 3.05) is 0 Å². The minimum absolute atomic E-state index is 0.183. The number of hydrogen-bond acceptors (Lipinski definition) is 7. The van der Waals surface area contributed by atoms with Gasteiger partial charge >= 0.3 is 11.6 Å². The molecule has 0 saturated carbocycles. The van der Waals surface area contributed by atoms with Gasteiger partial charge in [0.1, 0.15) is 28.8 Å². The predicted octanol–water partition coefficient (Wildman–Crippen LogP) is 5.55. The standard InChI is InChI=1S/C30H22N4O4/c31-18-21(28-33-32-27-8-2-1-5-15-34(27)28)16-19-9-12-22(13-10-19)37-29(35)25-17-24-23-7-4-3-6-20(23)11-14-26(24)38-30(25)36/h3-4,6-7,9-14,16-17H,1-2,5,8,15H2. The Kier molecular flexibility index (Phi) is 6.02. The van der Waals surface area contributed by atoms with Gasteiger partial charge in [0.15, 0.2) is 5.82 Å². The van der Waals surface area contributed by atoms with Crippen LogP contribution in [0, 0.1) is 11.3 Å². The summed E-state index contributed by atoms with van der Waals surface area (Å²) in [4.78, 5) is 25.4. The lowest BCUT2D eigenvalue weighted by atomic mass is 10.0. The van der Waals surface area contributed by atoms with E-state index >= 15 is 0 Å². The first kappa shape index (κ1) is 23.4. The summed E-state index contributed by atoms with van der Waals surface area (Å²) in [6, 6.07) is 21.7. The van der Waals surface area contributed by atoms with Gasteiger partial charge in [-0.25, -0.2) is 9.59 Å². The van der Waals surface area contributed by atoms with Crippen LogP contribution in [0.15, 0.2) is 75.9 Å². The zero-order valence-electron chi connectivity index (χ0n) is 20.4. The van der Waals surface area contributed by atoms with Crippen molar-refractivity contribution < 1.29 is 13.9 Å². The summed E-state index contributed by atoms with van der Waals surface area (Å²) in [5.74, 6) is 0.933. The van der Waals surface area contributed by atoms with Crippen LogP contribution in [0.25, 0.3) is 33.4 Å². The second kappa shape index (κ2) is 9.79. The van der Waals surface area contributed by atoms with Gasteiger partial charge in [0, 0.05) is 18.4 Å². The Morgan fingerprint density at radius 1 is 1.00 bits per heavy atom. The fourth-order valence-electron chi connectivity index (χ4n) is 4.81. The van der Waals surface area contributed by atoms with Crippen LogP contribution in [0.1, 0.15) is 46.8 Å². The normalized spacial score (nSPS) is 13.6. The van der Waals surface area contributed by atoms with E-state index in [4.69, 9.17) is 9.15 Å². The van der Waals surface area contributed by atoms with Gasteiger partial charge in [-0.3, -0.25) is 0 Å². The number of benzene rings is 3. The molecule has 8 heteroatoms. The average molecular weight is 503 g/mol. The van der Waals surface area contributed by atoms with Crippen molar-refractivity contribution in [2.45, 2.75) is 32.2 Å². The molecule has 0 atom stereocenters. The number of fused-ring (bicyclic) bond motifs is 4. The highest BCUT2D eigenvalue weighted by Crippen LogP contribution is 2.26. The van der Waals surface area contributed by atoms with Crippen molar-refractivity contribution >= 4 is 39.4 Å². The highest BCUT2D eigenvalue weighted by Gasteiger charge is 2.19. The average Bonchev–Trinajstić information content (AvgIpc) is 3.19. The smallest absolute Gasteiger partial charge is 0.351 e. The molecular formula is C30H22N4O4. The molecule has 5 aromatic rings. The van der Waals surface area contributed by atoms with Crippen molar-refractivity contribution in [1.82, 2.24) is 14.8 Å². The van der Waals surface area contributed by atoms with Gasteiger partial charge in [0.25, 0.3) is 0 Å². The minimum Gasteiger partial charge on any atom is -0.423 e. The summed E-state index contributed by atoms with van der Waals surface area (Å²) in [6.45, 7) is 0.796. The minimum atomic E-state index is -0.805. The molecule has 0 radical (unpaired) electrons. The molecule has 0 aliphatic carbocycles. The van der Waals surface area contributed by atoms with Gasteiger partial charge in [-0.2, -0.15) is 5.26 Å². The Morgan fingerprint density at radius 3 is 2.68 bits per heavy atom. The van der Waals surface area contributed by atoms with Crippen LogP contribution in [0.3, 0.4) is 0 Å². The number of aryl methyl sites for hydroxylation is 1. The van der Waals surface area contributed by atoms with Gasteiger partial charge in [0.05, 0.1) is 5.57 Å². The Bertz CT molecular complexity index is 1820. The van der Waals surface area contributed by atoms with E-state index in [1.54, 1.807) is 36.4 Å². The number of allylic oxidation sites excluding steroid dienone is 1. The molecule has 38 heavy (non-hydrogen) atoms. The van der Waals surface area contributed by atoms with Crippen molar-refractivity contribution in [3.63, 3.8) is 0 Å². The Balaban J connectivity index is 1.25. The molecule has 1 aliphatic rings.